The van der Waals surface area contributed by atoms with E-state index in [4.69, 9.17) is 5.84 Å². The minimum Gasteiger partial charge on any atom is -0.336 e. The number of amides is 1. The van der Waals surface area contributed by atoms with Gasteiger partial charge in [-0.05, 0) is 18.9 Å². The Kier molecular flexibility index (Phi) is 3.35. The molecule has 1 aliphatic heterocycles. The van der Waals surface area contributed by atoms with Gasteiger partial charge < -0.3 is 10.3 Å². The van der Waals surface area contributed by atoms with Crippen LogP contribution in [-0.2, 0) is 0 Å². The number of anilines is 1. The van der Waals surface area contributed by atoms with Crippen molar-refractivity contribution in [3.05, 3.63) is 24.0 Å². The molecule has 102 valence electrons. The first-order chi connectivity index (χ1) is 9.29. The summed E-state index contributed by atoms with van der Waals surface area (Å²) in [6.45, 7) is 3.54. The SMILES string of the molecule is NNc1cnccc1C(=O)N1CCN(C2CC2)CC1. The first-order valence-electron chi connectivity index (χ1n) is 6.73. The van der Waals surface area contributed by atoms with Crippen molar-refractivity contribution in [1.29, 1.82) is 0 Å². The smallest absolute Gasteiger partial charge is 0.256 e. The van der Waals surface area contributed by atoms with Crippen LogP contribution in [0.4, 0.5) is 5.69 Å². The summed E-state index contributed by atoms with van der Waals surface area (Å²) < 4.78 is 0. The lowest BCUT2D eigenvalue weighted by molar-refractivity contribution is 0.0628. The minimum atomic E-state index is 0.0331. The Balaban J connectivity index is 1.67. The third kappa shape index (κ3) is 2.54. The number of nitrogens with one attached hydrogen (secondary N) is 1. The molecule has 2 fully saturated rings. The number of piperazine rings is 1. The fourth-order valence-electron chi connectivity index (χ4n) is 2.60. The van der Waals surface area contributed by atoms with Crippen molar-refractivity contribution in [2.24, 2.45) is 5.84 Å². The van der Waals surface area contributed by atoms with Gasteiger partial charge in [0.2, 0.25) is 0 Å². The number of aromatic nitrogens is 1. The average molecular weight is 261 g/mol. The minimum absolute atomic E-state index is 0.0331. The fourth-order valence-corrected chi connectivity index (χ4v) is 2.60. The van der Waals surface area contributed by atoms with E-state index >= 15 is 0 Å². The molecule has 2 aliphatic rings. The Bertz CT molecular complexity index is 466. The monoisotopic (exact) mass is 261 g/mol. The van der Waals surface area contributed by atoms with Crippen LogP contribution in [0.15, 0.2) is 18.5 Å². The van der Waals surface area contributed by atoms with Crippen LogP contribution in [0.25, 0.3) is 0 Å². The van der Waals surface area contributed by atoms with Gasteiger partial charge in [-0.2, -0.15) is 0 Å². The second kappa shape index (κ2) is 5.14. The topological polar surface area (TPSA) is 74.5 Å². The molecule has 6 heteroatoms. The number of hydrogen-bond donors (Lipinski definition) is 2. The van der Waals surface area contributed by atoms with E-state index in [0.29, 0.717) is 11.3 Å². The van der Waals surface area contributed by atoms with Crippen molar-refractivity contribution in [2.45, 2.75) is 18.9 Å². The Labute approximate surface area is 112 Å². The summed E-state index contributed by atoms with van der Waals surface area (Å²) in [5, 5.41) is 0. The molecule has 0 radical (unpaired) electrons. The lowest BCUT2D eigenvalue weighted by Gasteiger charge is -2.35. The standard InChI is InChI=1S/C13H19N5O/c14-16-12-9-15-4-3-11(12)13(19)18-7-5-17(6-8-18)10-1-2-10/h3-4,9-10,16H,1-2,5-8,14H2. The van der Waals surface area contributed by atoms with Gasteiger partial charge in [-0.15, -0.1) is 0 Å². The molecule has 1 aliphatic carbocycles. The molecule has 1 saturated heterocycles. The second-order valence-electron chi connectivity index (χ2n) is 5.12. The summed E-state index contributed by atoms with van der Waals surface area (Å²) in [5.74, 6) is 5.45. The number of rotatable bonds is 3. The van der Waals surface area contributed by atoms with Crippen molar-refractivity contribution < 1.29 is 4.79 Å². The summed E-state index contributed by atoms with van der Waals surface area (Å²) >= 11 is 0. The maximum absolute atomic E-state index is 12.5. The molecule has 0 unspecified atom stereocenters. The zero-order valence-electron chi connectivity index (χ0n) is 10.9. The molecule has 19 heavy (non-hydrogen) atoms. The number of nitrogen functional groups attached to an aromatic ring is 1. The number of carbonyl (C=O) groups excluding carboxylic acids is 1. The van der Waals surface area contributed by atoms with Gasteiger partial charge in [-0.3, -0.25) is 20.5 Å². The van der Waals surface area contributed by atoms with Gasteiger partial charge in [0.05, 0.1) is 17.4 Å². The lowest BCUT2D eigenvalue weighted by Crippen LogP contribution is -2.49. The van der Waals surface area contributed by atoms with Crippen LogP contribution in [0.2, 0.25) is 0 Å². The van der Waals surface area contributed by atoms with Crippen molar-refractivity contribution in [3.8, 4) is 0 Å². The van der Waals surface area contributed by atoms with Crippen LogP contribution in [0.1, 0.15) is 23.2 Å². The molecule has 0 aromatic carbocycles. The molecule has 3 N–H and O–H groups in total. The summed E-state index contributed by atoms with van der Waals surface area (Å²) in [5.41, 5.74) is 3.71. The Morgan fingerprint density at radius 2 is 2.05 bits per heavy atom. The highest BCUT2D eigenvalue weighted by molar-refractivity contribution is 5.99. The molecule has 1 saturated carbocycles. The summed E-state index contributed by atoms with van der Waals surface area (Å²) in [6, 6.07) is 2.49. The van der Waals surface area contributed by atoms with Crippen LogP contribution in [0.3, 0.4) is 0 Å². The Morgan fingerprint density at radius 3 is 2.68 bits per heavy atom. The van der Waals surface area contributed by atoms with Crippen LogP contribution < -0.4 is 11.3 Å². The molecule has 0 spiro atoms. The van der Waals surface area contributed by atoms with Crippen molar-refractivity contribution in [2.75, 3.05) is 31.6 Å². The summed E-state index contributed by atoms with van der Waals surface area (Å²) in [7, 11) is 0. The highest BCUT2D eigenvalue weighted by Gasteiger charge is 2.32. The first-order valence-corrected chi connectivity index (χ1v) is 6.73. The van der Waals surface area contributed by atoms with Crippen LogP contribution >= 0.6 is 0 Å². The number of carbonyl (C=O) groups is 1. The molecular weight excluding hydrogens is 242 g/mol. The van der Waals surface area contributed by atoms with E-state index in [1.165, 1.54) is 12.8 Å². The van der Waals surface area contributed by atoms with E-state index < -0.39 is 0 Å². The number of nitrogens with zero attached hydrogens (tertiary/aromatic N) is 3. The van der Waals surface area contributed by atoms with Gasteiger partial charge in [0, 0.05) is 38.4 Å². The maximum atomic E-state index is 12.5. The average Bonchev–Trinajstić information content (AvgIpc) is 3.31. The molecule has 3 rings (SSSR count). The molecular formula is C13H19N5O. The third-order valence-electron chi connectivity index (χ3n) is 3.87. The molecule has 1 amide bonds. The zero-order chi connectivity index (χ0) is 13.2. The quantitative estimate of drug-likeness (QED) is 0.604. The highest BCUT2D eigenvalue weighted by atomic mass is 16.2. The van der Waals surface area contributed by atoms with E-state index in [2.05, 4.69) is 15.3 Å². The molecule has 0 atom stereocenters. The predicted octanol–water partition coefficient (Wildman–Crippen LogP) is 0.287. The predicted molar refractivity (Wildman–Crippen MR) is 72.5 cm³/mol. The third-order valence-corrected chi connectivity index (χ3v) is 3.87. The maximum Gasteiger partial charge on any atom is 0.256 e. The first kappa shape index (κ1) is 12.4. The van der Waals surface area contributed by atoms with Gasteiger partial charge in [0.1, 0.15) is 0 Å². The van der Waals surface area contributed by atoms with Gasteiger partial charge >= 0.3 is 0 Å². The number of hydrogen-bond acceptors (Lipinski definition) is 5. The second-order valence-corrected chi connectivity index (χ2v) is 5.12. The van der Waals surface area contributed by atoms with Crippen molar-refractivity contribution >= 4 is 11.6 Å². The number of pyridine rings is 1. The summed E-state index contributed by atoms with van der Waals surface area (Å²) in [6.07, 6.45) is 5.83. The Hall–Kier alpha value is -1.66. The number of nitrogens with two attached hydrogens (primary N) is 1. The summed E-state index contributed by atoms with van der Waals surface area (Å²) in [4.78, 5) is 20.8. The van der Waals surface area contributed by atoms with Crippen molar-refractivity contribution in [3.63, 3.8) is 0 Å². The molecule has 0 bridgehead atoms. The Morgan fingerprint density at radius 1 is 1.32 bits per heavy atom. The molecule has 2 heterocycles. The van der Waals surface area contributed by atoms with Crippen LogP contribution in [0.5, 0.6) is 0 Å². The fraction of sp³-hybridized carbons (Fsp3) is 0.538. The van der Waals surface area contributed by atoms with Crippen LogP contribution in [-0.4, -0.2) is 52.9 Å². The molecule has 1 aromatic rings. The van der Waals surface area contributed by atoms with E-state index in [-0.39, 0.29) is 5.91 Å². The van der Waals surface area contributed by atoms with Gasteiger partial charge in [0.15, 0.2) is 0 Å². The van der Waals surface area contributed by atoms with E-state index in [9.17, 15) is 4.79 Å². The zero-order valence-corrected chi connectivity index (χ0v) is 10.9. The highest BCUT2D eigenvalue weighted by Crippen LogP contribution is 2.27. The largest absolute Gasteiger partial charge is 0.336 e. The van der Waals surface area contributed by atoms with Gasteiger partial charge in [0.25, 0.3) is 5.91 Å². The van der Waals surface area contributed by atoms with Crippen LogP contribution in [0, 0.1) is 0 Å². The number of hydrazine groups is 1. The molecule has 6 nitrogen and oxygen atoms in total. The van der Waals surface area contributed by atoms with Gasteiger partial charge in [-0.1, -0.05) is 0 Å². The van der Waals surface area contributed by atoms with E-state index in [0.717, 1.165) is 32.2 Å². The molecule has 1 aromatic heterocycles. The van der Waals surface area contributed by atoms with E-state index in [1.807, 2.05) is 4.90 Å². The van der Waals surface area contributed by atoms with Crippen molar-refractivity contribution in [1.82, 2.24) is 14.8 Å². The lowest BCUT2D eigenvalue weighted by atomic mass is 10.2. The normalized spacial score (nSPS) is 20.4. The van der Waals surface area contributed by atoms with Gasteiger partial charge in [-0.25, -0.2) is 0 Å². The van der Waals surface area contributed by atoms with E-state index in [1.54, 1.807) is 18.5 Å².